The summed E-state index contributed by atoms with van der Waals surface area (Å²) in [6.45, 7) is 9.31. The normalized spacial score (nSPS) is 45.1. The molecule has 0 amide bonds. The van der Waals surface area contributed by atoms with Crippen LogP contribution in [-0.2, 0) is 6.54 Å². The van der Waals surface area contributed by atoms with E-state index >= 15 is 0 Å². The van der Waals surface area contributed by atoms with E-state index in [0.717, 1.165) is 51.6 Å². The van der Waals surface area contributed by atoms with E-state index in [1.165, 1.54) is 24.8 Å². The van der Waals surface area contributed by atoms with Crippen molar-refractivity contribution in [1.29, 1.82) is 0 Å². The van der Waals surface area contributed by atoms with Gasteiger partial charge in [0, 0.05) is 6.54 Å². The lowest BCUT2D eigenvalue weighted by Gasteiger charge is -2.63. The molecule has 4 aliphatic carbocycles. The summed E-state index contributed by atoms with van der Waals surface area (Å²) in [5.41, 5.74) is 1.43. The second-order valence-corrected chi connectivity index (χ2v) is 13.9. The van der Waals surface area contributed by atoms with Gasteiger partial charge in [-0.2, -0.15) is 0 Å². The average Bonchev–Trinajstić information content (AvgIpc) is 3.20. The highest BCUT2D eigenvalue weighted by molar-refractivity contribution is 5.15. The number of nitrogens with zero attached hydrogens (tertiary/aromatic N) is 1. The Bertz CT molecular complexity index is 877. The molecule has 3 N–H and O–H groups in total. The lowest BCUT2D eigenvalue weighted by Crippen LogP contribution is -2.62. The minimum atomic E-state index is -0.283. The van der Waals surface area contributed by atoms with E-state index in [4.69, 9.17) is 0 Å². The van der Waals surface area contributed by atoms with Gasteiger partial charge in [-0.3, -0.25) is 0 Å². The Kier molecular flexibility index (Phi) is 7.64. The molecule has 5 rings (SSSR count). The fraction of sp³-hybridized carbons (Fsp3) is 0.812. The summed E-state index contributed by atoms with van der Waals surface area (Å²) in [6, 6.07) is 10.7. The van der Waals surface area contributed by atoms with Crippen molar-refractivity contribution in [1.82, 2.24) is 4.90 Å². The van der Waals surface area contributed by atoms with Gasteiger partial charge in [0.05, 0.1) is 18.3 Å². The molecule has 0 radical (unpaired) electrons. The molecule has 4 saturated carbocycles. The summed E-state index contributed by atoms with van der Waals surface area (Å²) < 4.78 is 0. The maximum absolute atomic E-state index is 11.8. The van der Waals surface area contributed by atoms with E-state index in [0.29, 0.717) is 35.5 Å². The summed E-state index contributed by atoms with van der Waals surface area (Å²) in [7, 11) is 2.22. The van der Waals surface area contributed by atoms with Crippen molar-refractivity contribution in [2.45, 2.75) is 103 Å². The third-order valence-corrected chi connectivity index (χ3v) is 12.0. The third-order valence-electron chi connectivity index (χ3n) is 12.0. The molecule has 4 heteroatoms. The number of fused-ring (bicyclic) bond motifs is 5. The standard InChI is InChI=1S/C32H51NO3/c1-21(9-8-16-33(4)20-22-10-6-5-7-11-22)25-12-13-26-30-27(19-29(36)32(25,26)3)31(2)15-14-24(34)17-23(31)18-28(30)35/h5-7,10-11,21,23-30,34-36H,8-9,12-20H2,1-4H3/t21?,23?,24-,25?,26+,27+,28-,29+,30?,31+,32-/m1/s1. The maximum Gasteiger partial charge on any atom is 0.0602 e. The smallest absolute Gasteiger partial charge is 0.0602 e. The molecular formula is C32H51NO3. The number of rotatable bonds is 7. The lowest BCUT2D eigenvalue weighted by atomic mass is 9.43. The first-order valence-corrected chi connectivity index (χ1v) is 14.9. The summed E-state index contributed by atoms with van der Waals surface area (Å²) in [5.74, 6) is 2.61. The number of benzene rings is 1. The Morgan fingerprint density at radius 3 is 2.47 bits per heavy atom. The van der Waals surface area contributed by atoms with Gasteiger partial charge in [0.15, 0.2) is 0 Å². The molecule has 0 aliphatic heterocycles. The highest BCUT2D eigenvalue weighted by Crippen LogP contribution is 2.68. The van der Waals surface area contributed by atoms with E-state index < -0.39 is 0 Å². The average molecular weight is 498 g/mol. The lowest BCUT2D eigenvalue weighted by molar-refractivity contribution is -0.207. The molecule has 4 fully saturated rings. The van der Waals surface area contributed by atoms with Gasteiger partial charge in [-0.25, -0.2) is 0 Å². The van der Waals surface area contributed by atoms with Crippen LogP contribution in [-0.4, -0.2) is 52.1 Å². The number of hydrogen-bond acceptors (Lipinski definition) is 4. The molecule has 4 nitrogen and oxygen atoms in total. The predicted octanol–water partition coefficient (Wildman–Crippen LogP) is 5.50. The van der Waals surface area contributed by atoms with Crippen molar-refractivity contribution in [2.24, 2.45) is 46.3 Å². The largest absolute Gasteiger partial charge is 0.393 e. The molecule has 0 bridgehead atoms. The molecule has 11 atom stereocenters. The van der Waals surface area contributed by atoms with Crippen molar-refractivity contribution in [2.75, 3.05) is 13.6 Å². The van der Waals surface area contributed by atoms with Crippen LogP contribution in [0, 0.1) is 46.3 Å². The molecule has 1 aromatic carbocycles. The molecule has 4 aliphatic rings. The van der Waals surface area contributed by atoms with Crippen LogP contribution in [0.3, 0.4) is 0 Å². The molecular weight excluding hydrogens is 446 g/mol. The fourth-order valence-corrected chi connectivity index (χ4v) is 9.99. The quantitative estimate of drug-likeness (QED) is 0.466. The Hall–Kier alpha value is -0.940. The van der Waals surface area contributed by atoms with Crippen LogP contribution in [0.1, 0.15) is 84.1 Å². The summed E-state index contributed by atoms with van der Waals surface area (Å²) in [5, 5.41) is 33.6. The second-order valence-electron chi connectivity index (χ2n) is 13.9. The highest BCUT2D eigenvalue weighted by atomic mass is 16.3. The molecule has 0 heterocycles. The van der Waals surface area contributed by atoms with Crippen LogP contribution in [0.25, 0.3) is 0 Å². The van der Waals surface area contributed by atoms with Crippen LogP contribution in [0.5, 0.6) is 0 Å². The SMILES string of the molecule is CC(CCCN(C)Cc1ccccc1)C1CC[C@H]2C3[C@H](O)CC4C[C@H](O)CC[C@]4(C)[C@H]3C[C@H](O)[C@]12C. The summed E-state index contributed by atoms with van der Waals surface area (Å²) in [4.78, 5) is 2.43. The van der Waals surface area contributed by atoms with E-state index in [1.54, 1.807) is 0 Å². The van der Waals surface area contributed by atoms with Gasteiger partial charge in [0.25, 0.3) is 0 Å². The van der Waals surface area contributed by atoms with Crippen LogP contribution >= 0.6 is 0 Å². The minimum absolute atomic E-state index is 0.0884. The van der Waals surface area contributed by atoms with Crippen molar-refractivity contribution in [3.63, 3.8) is 0 Å². The van der Waals surface area contributed by atoms with Gasteiger partial charge in [-0.05, 0) is 123 Å². The first kappa shape index (κ1) is 26.7. The first-order chi connectivity index (χ1) is 17.1. The monoisotopic (exact) mass is 497 g/mol. The third kappa shape index (κ3) is 4.59. The zero-order chi connectivity index (χ0) is 25.7. The summed E-state index contributed by atoms with van der Waals surface area (Å²) >= 11 is 0. The molecule has 202 valence electrons. The molecule has 36 heavy (non-hydrogen) atoms. The molecule has 1 aromatic rings. The van der Waals surface area contributed by atoms with Crippen LogP contribution in [0.15, 0.2) is 30.3 Å². The fourth-order valence-electron chi connectivity index (χ4n) is 9.99. The van der Waals surface area contributed by atoms with Gasteiger partial charge in [0.2, 0.25) is 0 Å². The van der Waals surface area contributed by atoms with Gasteiger partial charge < -0.3 is 20.2 Å². The van der Waals surface area contributed by atoms with Gasteiger partial charge >= 0.3 is 0 Å². The predicted molar refractivity (Wildman–Crippen MR) is 145 cm³/mol. The van der Waals surface area contributed by atoms with Gasteiger partial charge in [-0.1, -0.05) is 51.1 Å². The zero-order valence-corrected chi connectivity index (χ0v) is 23.1. The topological polar surface area (TPSA) is 63.9 Å². The van der Waals surface area contributed by atoms with Gasteiger partial charge in [-0.15, -0.1) is 0 Å². The summed E-state index contributed by atoms with van der Waals surface area (Å²) in [6.07, 6.45) is 8.37. The van der Waals surface area contributed by atoms with Crippen molar-refractivity contribution >= 4 is 0 Å². The Morgan fingerprint density at radius 1 is 0.972 bits per heavy atom. The van der Waals surface area contributed by atoms with Crippen LogP contribution in [0.4, 0.5) is 0 Å². The highest BCUT2D eigenvalue weighted by Gasteiger charge is 2.65. The molecule has 0 spiro atoms. The zero-order valence-electron chi connectivity index (χ0n) is 23.1. The van der Waals surface area contributed by atoms with Crippen molar-refractivity contribution < 1.29 is 15.3 Å². The molecule has 0 aromatic heterocycles. The van der Waals surface area contributed by atoms with E-state index in [1.807, 2.05) is 0 Å². The van der Waals surface area contributed by atoms with Gasteiger partial charge in [0.1, 0.15) is 0 Å². The Labute approximate surface area is 219 Å². The Balaban J connectivity index is 1.24. The first-order valence-electron chi connectivity index (χ1n) is 14.9. The van der Waals surface area contributed by atoms with E-state index in [-0.39, 0.29) is 29.1 Å². The molecule has 0 saturated heterocycles. The maximum atomic E-state index is 11.8. The number of aliphatic hydroxyl groups excluding tert-OH is 3. The van der Waals surface area contributed by atoms with Crippen molar-refractivity contribution in [3.8, 4) is 0 Å². The Morgan fingerprint density at radius 2 is 1.72 bits per heavy atom. The number of aliphatic hydroxyl groups is 3. The second kappa shape index (κ2) is 10.3. The van der Waals surface area contributed by atoms with Crippen LogP contribution in [0.2, 0.25) is 0 Å². The van der Waals surface area contributed by atoms with Crippen molar-refractivity contribution in [3.05, 3.63) is 35.9 Å². The van der Waals surface area contributed by atoms with E-state index in [9.17, 15) is 15.3 Å². The minimum Gasteiger partial charge on any atom is -0.393 e. The van der Waals surface area contributed by atoms with E-state index in [2.05, 4.69) is 63.1 Å². The van der Waals surface area contributed by atoms with Crippen LogP contribution < -0.4 is 0 Å². The number of hydrogen-bond donors (Lipinski definition) is 3. The molecule has 4 unspecified atom stereocenters.